The monoisotopic (exact) mass is 337 g/mol. The minimum absolute atomic E-state index is 0.00576. The average Bonchev–Trinajstić information content (AvgIpc) is 3.13. The molecule has 0 radical (unpaired) electrons. The van der Waals surface area contributed by atoms with Gasteiger partial charge >= 0.3 is 0 Å². The van der Waals surface area contributed by atoms with Gasteiger partial charge in [-0.3, -0.25) is 9.89 Å². The second kappa shape index (κ2) is 5.77. The molecule has 1 fully saturated rings. The van der Waals surface area contributed by atoms with Gasteiger partial charge in [0.2, 0.25) is 0 Å². The SMILES string of the molecule is CN(C(=O)c1cc(-c2ccc(F)cc2)n[nH]1)[C@@H]1CCS(=O)(=O)C1. The molecule has 0 aliphatic carbocycles. The number of nitrogens with zero attached hydrogens (tertiary/aromatic N) is 2. The maximum absolute atomic E-state index is 12.9. The Bertz CT molecular complexity index is 830. The molecule has 1 N–H and O–H groups in total. The van der Waals surface area contributed by atoms with Crippen LogP contribution in [-0.4, -0.2) is 54.0 Å². The topological polar surface area (TPSA) is 83.1 Å². The molecular formula is C15H16FN3O3S. The molecule has 1 amide bonds. The number of sulfone groups is 1. The third-order valence-corrected chi connectivity index (χ3v) is 5.78. The van der Waals surface area contributed by atoms with Crippen molar-refractivity contribution in [2.45, 2.75) is 12.5 Å². The van der Waals surface area contributed by atoms with Gasteiger partial charge < -0.3 is 4.90 Å². The van der Waals surface area contributed by atoms with E-state index in [0.29, 0.717) is 17.7 Å². The van der Waals surface area contributed by atoms with Crippen molar-refractivity contribution < 1.29 is 17.6 Å². The molecule has 0 unspecified atom stereocenters. The molecule has 1 aromatic heterocycles. The molecule has 0 bridgehead atoms. The number of aromatic amines is 1. The van der Waals surface area contributed by atoms with Crippen LogP contribution in [-0.2, 0) is 9.84 Å². The number of carbonyl (C=O) groups is 1. The molecule has 8 heteroatoms. The van der Waals surface area contributed by atoms with Gasteiger partial charge in [0, 0.05) is 18.7 Å². The number of rotatable bonds is 3. The molecule has 23 heavy (non-hydrogen) atoms. The standard InChI is InChI=1S/C15H16FN3O3S/c1-19(12-6-7-23(21,22)9-12)15(20)14-8-13(17-18-14)10-2-4-11(16)5-3-10/h2-5,8,12H,6-7,9H2,1H3,(H,17,18)/t12-/m1/s1. The Morgan fingerprint density at radius 1 is 1.35 bits per heavy atom. The summed E-state index contributed by atoms with van der Waals surface area (Å²) in [4.78, 5) is 13.9. The molecule has 2 aromatic rings. The Balaban J connectivity index is 1.77. The number of amides is 1. The van der Waals surface area contributed by atoms with Crippen LogP contribution in [0.4, 0.5) is 4.39 Å². The zero-order valence-electron chi connectivity index (χ0n) is 12.5. The molecule has 1 aromatic carbocycles. The van der Waals surface area contributed by atoms with Crippen LogP contribution in [0.2, 0.25) is 0 Å². The van der Waals surface area contributed by atoms with Crippen LogP contribution in [0.1, 0.15) is 16.9 Å². The first kappa shape index (κ1) is 15.7. The summed E-state index contributed by atoms with van der Waals surface area (Å²) in [6.45, 7) is 0. The quantitative estimate of drug-likeness (QED) is 0.919. The number of halogens is 1. The van der Waals surface area contributed by atoms with Gasteiger partial charge in [-0.2, -0.15) is 5.10 Å². The molecule has 0 saturated carbocycles. The highest BCUT2D eigenvalue weighted by Crippen LogP contribution is 2.21. The first-order valence-electron chi connectivity index (χ1n) is 7.15. The third kappa shape index (κ3) is 3.26. The minimum Gasteiger partial charge on any atom is -0.336 e. The lowest BCUT2D eigenvalue weighted by atomic mass is 10.1. The number of nitrogens with one attached hydrogen (secondary N) is 1. The van der Waals surface area contributed by atoms with Gasteiger partial charge in [0.05, 0.1) is 17.2 Å². The van der Waals surface area contributed by atoms with Gasteiger partial charge in [0.1, 0.15) is 11.5 Å². The summed E-state index contributed by atoms with van der Waals surface area (Å²) in [6.07, 6.45) is 0.448. The van der Waals surface area contributed by atoms with Crippen molar-refractivity contribution >= 4 is 15.7 Å². The van der Waals surface area contributed by atoms with E-state index in [-0.39, 0.29) is 35.0 Å². The zero-order chi connectivity index (χ0) is 16.6. The Morgan fingerprint density at radius 3 is 2.65 bits per heavy atom. The highest BCUT2D eigenvalue weighted by molar-refractivity contribution is 7.91. The summed E-state index contributed by atoms with van der Waals surface area (Å²) in [5.41, 5.74) is 1.49. The van der Waals surface area contributed by atoms with Crippen LogP contribution >= 0.6 is 0 Å². The van der Waals surface area contributed by atoms with Crippen molar-refractivity contribution in [3.8, 4) is 11.3 Å². The van der Waals surface area contributed by atoms with E-state index >= 15 is 0 Å². The lowest BCUT2D eigenvalue weighted by Crippen LogP contribution is -2.38. The second-order valence-corrected chi connectivity index (χ2v) is 7.88. The van der Waals surface area contributed by atoms with Gasteiger partial charge in [0.25, 0.3) is 5.91 Å². The summed E-state index contributed by atoms with van der Waals surface area (Å²) in [5.74, 6) is -0.552. The molecule has 122 valence electrons. The van der Waals surface area contributed by atoms with E-state index in [1.165, 1.54) is 17.0 Å². The number of aromatic nitrogens is 2. The lowest BCUT2D eigenvalue weighted by molar-refractivity contribution is 0.0741. The molecule has 6 nitrogen and oxygen atoms in total. The summed E-state index contributed by atoms with van der Waals surface area (Å²) < 4.78 is 36.0. The largest absolute Gasteiger partial charge is 0.336 e. The Labute approximate surface area is 133 Å². The zero-order valence-corrected chi connectivity index (χ0v) is 13.3. The maximum atomic E-state index is 12.9. The average molecular weight is 337 g/mol. The Hall–Kier alpha value is -2.22. The fraction of sp³-hybridized carbons (Fsp3) is 0.333. The summed E-state index contributed by atoms with van der Waals surface area (Å²) >= 11 is 0. The lowest BCUT2D eigenvalue weighted by Gasteiger charge is -2.22. The number of carbonyl (C=O) groups excluding carboxylic acids is 1. The van der Waals surface area contributed by atoms with Crippen molar-refractivity contribution in [1.29, 1.82) is 0 Å². The molecule has 3 rings (SSSR count). The van der Waals surface area contributed by atoms with Crippen LogP contribution in [0.5, 0.6) is 0 Å². The van der Waals surface area contributed by atoms with Crippen LogP contribution in [0.3, 0.4) is 0 Å². The van der Waals surface area contributed by atoms with Crippen molar-refractivity contribution in [3.05, 3.63) is 41.8 Å². The minimum atomic E-state index is -3.05. The fourth-order valence-electron chi connectivity index (χ4n) is 2.64. The summed E-state index contributed by atoms with van der Waals surface area (Å²) in [6, 6.07) is 7.06. The highest BCUT2D eigenvalue weighted by Gasteiger charge is 2.33. The number of benzene rings is 1. The maximum Gasteiger partial charge on any atom is 0.271 e. The third-order valence-electron chi connectivity index (χ3n) is 4.02. The van der Waals surface area contributed by atoms with E-state index in [1.54, 1.807) is 25.2 Å². The van der Waals surface area contributed by atoms with Crippen molar-refractivity contribution in [1.82, 2.24) is 15.1 Å². The first-order chi connectivity index (χ1) is 10.9. The Kier molecular flexibility index (Phi) is 3.93. The van der Waals surface area contributed by atoms with E-state index in [0.717, 1.165) is 0 Å². The number of H-pyrrole nitrogens is 1. The van der Waals surface area contributed by atoms with E-state index in [1.807, 2.05) is 0 Å². The van der Waals surface area contributed by atoms with E-state index < -0.39 is 9.84 Å². The van der Waals surface area contributed by atoms with Crippen molar-refractivity contribution in [2.75, 3.05) is 18.6 Å². The molecule has 1 aliphatic heterocycles. The summed E-state index contributed by atoms with van der Waals surface area (Å²) in [5, 5.41) is 6.72. The highest BCUT2D eigenvalue weighted by atomic mass is 32.2. The van der Waals surface area contributed by atoms with Gasteiger partial charge in [0.15, 0.2) is 9.84 Å². The second-order valence-electron chi connectivity index (χ2n) is 5.65. The van der Waals surface area contributed by atoms with E-state index in [2.05, 4.69) is 10.2 Å². The van der Waals surface area contributed by atoms with Crippen LogP contribution < -0.4 is 0 Å². The van der Waals surface area contributed by atoms with Crippen LogP contribution in [0, 0.1) is 5.82 Å². The molecular weight excluding hydrogens is 321 g/mol. The van der Waals surface area contributed by atoms with E-state index in [9.17, 15) is 17.6 Å². The normalized spacial score (nSPS) is 19.7. The van der Waals surface area contributed by atoms with Crippen molar-refractivity contribution in [2.24, 2.45) is 0 Å². The smallest absolute Gasteiger partial charge is 0.271 e. The molecule has 2 heterocycles. The molecule has 0 spiro atoms. The van der Waals surface area contributed by atoms with Gasteiger partial charge in [-0.1, -0.05) is 0 Å². The van der Waals surface area contributed by atoms with Crippen LogP contribution in [0.15, 0.2) is 30.3 Å². The fourth-order valence-corrected chi connectivity index (χ4v) is 4.41. The van der Waals surface area contributed by atoms with E-state index in [4.69, 9.17) is 0 Å². The van der Waals surface area contributed by atoms with Crippen LogP contribution in [0.25, 0.3) is 11.3 Å². The predicted molar refractivity (Wildman–Crippen MR) is 83.1 cm³/mol. The van der Waals surface area contributed by atoms with Gasteiger partial charge in [-0.05, 0) is 36.8 Å². The molecule has 1 atom stereocenters. The molecule has 1 saturated heterocycles. The van der Waals surface area contributed by atoms with Gasteiger partial charge in [-0.15, -0.1) is 0 Å². The number of hydrogen-bond donors (Lipinski definition) is 1. The number of hydrogen-bond acceptors (Lipinski definition) is 4. The first-order valence-corrected chi connectivity index (χ1v) is 8.97. The molecule has 1 aliphatic rings. The Morgan fingerprint density at radius 2 is 2.04 bits per heavy atom. The summed E-state index contributed by atoms with van der Waals surface area (Å²) in [7, 11) is -1.46. The van der Waals surface area contributed by atoms with Gasteiger partial charge in [-0.25, -0.2) is 12.8 Å². The van der Waals surface area contributed by atoms with Crippen molar-refractivity contribution in [3.63, 3.8) is 0 Å². The predicted octanol–water partition coefficient (Wildman–Crippen LogP) is 1.47.